The van der Waals surface area contributed by atoms with Crippen LogP contribution >= 0.6 is 0 Å². The maximum absolute atomic E-state index is 10.5. The summed E-state index contributed by atoms with van der Waals surface area (Å²) in [5.41, 5.74) is -0.290. The van der Waals surface area contributed by atoms with Crippen LogP contribution in [0.3, 0.4) is 0 Å². The molecule has 6 heteroatoms. The first-order chi connectivity index (χ1) is 6.03. The van der Waals surface area contributed by atoms with Crippen molar-refractivity contribution < 1.29 is 9.90 Å². The molecule has 0 amide bonds. The number of hydrogen-bond donors (Lipinski definition) is 2. The highest BCUT2D eigenvalue weighted by molar-refractivity contribution is 6.40. The maximum atomic E-state index is 10.5. The molecule has 14 heavy (non-hydrogen) atoms. The smallest absolute Gasteiger partial charge is 0.297 e. The van der Waals surface area contributed by atoms with Crippen molar-refractivity contribution in [3.63, 3.8) is 0 Å². The van der Waals surface area contributed by atoms with Gasteiger partial charge in [-0.25, -0.2) is 0 Å². The third-order valence-corrected chi connectivity index (χ3v) is 1.48. The highest BCUT2D eigenvalue weighted by Gasteiger charge is 2.26. The Balaban J connectivity index is 4.27. The third kappa shape index (κ3) is 6.14. The topological polar surface area (TPSA) is 49.3 Å². The van der Waals surface area contributed by atoms with E-state index in [9.17, 15) is 4.79 Å². The second-order valence-electron chi connectivity index (χ2n) is 4.56. The Morgan fingerprint density at radius 3 is 2.14 bits per heavy atom. The van der Waals surface area contributed by atoms with E-state index in [0.29, 0.717) is 0 Å². The Labute approximate surface area is 89.3 Å². The van der Waals surface area contributed by atoms with E-state index in [1.165, 1.54) is 0 Å². The van der Waals surface area contributed by atoms with E-state index in [1.807, 2.05) is 20.8 Å². The van der Waals surface area contributed by atoms with Crippen LogP contribution in [0, 0.1) is 0 Å². The van der Waals surface area contributed by atoms with Gasteiger partial charge in [-0.15, -0.1) is 0 Å². The van der Waals surface area contributed by atoms with Crippen LogP contribution in [0.5, 0.6) is 0 Å². The van der Waals surface area contributed by atoms with E-state index in [0.717, 1.165) is 0 Å². The van der Waals surface area contributed by atoms with Gasteiger partial charge in [0.25, 0.3) is 5.97 Å². The standard InChI is InChI=1S/C8H14B3NO2/c1-7(2,3)12-8(10,11)4-5(9)6(13)14/h5,12H,4H2,1-3H3,(H,13,14). The minimum absolute atomic E-state index is 0.0282. The predicted molar refractivity (Wildman–Crippen MR) is 58.9 cm³/mol. The van der Waals surface area contributed by atoms with E-state index >= 15 is 0 Å². The SMILES string of the molecule is [B]C(CC([B])([B])NC(C)(C)C)C(=O)O. The molecular formula is C8H14B3NO2. The molecule has 0 rings (SSSR count). The third-order valence-electron chi connectivity index (χ3n) is 1.48. The molecule has 0 fully saturated rings. The van der Waals surface area contributed by atoms with Crippen LogP contribution in [0.1, 0.15) is 27.2 Å². The molecule has 0 spiro atoms. The predicted octanol–water partition coefficient (Wildman–Crippen LogP) is -0.203. The van der Waals surface area contributed by atoms with Crippen molar-refractivity contribution >= 4 is 29.5 Å². The van der Waals surface area contributed by atoms with E-state index in [2.05, 4.69) is 5.32 Å². The molecule has 0 saturated heterocycles. The lowest BCUT2D eigenvalue weighted by Gasteiger charge is -2.37. The zero-order valence-electron chi connectivity index (χ0n) is 8.87. The average molecular weight is 189 g/mol. The van der Waals surface area contributed by atoms with Gasteiger partial charge in [0.1, 0.15) is 0 Å². The Hall–Kier alpha value is -0.375. The number of rotatable bonds is 4. The van der Waals surface area contributed by atoms with Crippen molar-refractivity contribution in [1.82, 2.24) is 5.32 Å². The Morgan fingerprint density at radius 1 is 1.43 bits per heavy atom. The van der Waals surface area contributed by atoms with Gasteiger partial charge in [0.05, 0.1) is 23.5 Å². The van der Waals surface area contributed by atoms with E-state index < -0.39 is 17.1 Å². The van der Waals surface area contributed by atoms with Gasteiger partial charge in [-0.05, 0) is 27.2 Å². The van der Waals surface area contributed by atoms with Gasteiger partial charge in [-0.2, -0.15) is 0 Å². The zero-order valence-corrected chi connectivity index (χ0v) is 8.87. The molecule has 0 aromatic carbocycles. The molecule has 0 aromatic heterocycles. The first-order valence-corrected chi connectivity index (χ1v) is 4.39. The minimum Gasteiger partial charge on any atom is -0.482 e. The van der Waals surface area contributed by atoms with Crippen molar-refractivity contribution in [2.45, 2.75) is 43.9 Å². The van der Waals surface area contributed by atoms with Gasteiger partial charge in [-0.3, -0.25) is 4.79 Å². The summed E-state index contributed by atoms with van der Waals surface area (Å²) in [6.07, 6.45) is -0.0282. The quantitative estimate of drug-likeness (QED) is 0.601. The number of aliphatic carboxylic acids is 1. The molecule has 0 aliphatic heterocycles. The van der Waals surface area contributed by atoms with Crippen molar-refractivity contribution in [3.8, 4) is 0 Å². The molecule has 1 unspecified atom stereocenters. The maximum Gasteiger partial charge on any atom is 0.297 e. The Kier molecular flexibility index (Phi) is 4.31. The summed E-state index contributed by atoms with van der Waals surface area (Å²) in [5, 5.41) is 10.2. The molecule has 0 aliphatic carbocycles. The minimum atomic E-state index is -1.27. The summed E-state index contributed by atoms with van der Waals surface area (Å²) >= 11 is 0. The second kappa shape index (κ2) is 4.43. The van der Waals surface area contributed by atoms with E-state index in [-0.39, 0.29) is 12.0 Å². The number of carboxylic acid groups (broad SMARTS) is 1. The highest BCUT2D eigenvalue weighted by Crippen LogP contribution is 2.16. The van der Waals surface area contributed by atoms with E-state index in [4.69, 9.17) is 28.6 Å². The fourth-order valence-electron chi connectivity index (χ4n) is 1.20. The van der Waals surface area contributed by atoms with Crippen molar-refractivity contribution in [3.05, 3.63) is 0 Å². The fraction of sp³-hybridized carbons (Fsp3) is 0.875. The molecule has 6 radical (unpaired) electrons. The Bertz CT molecular complexity index is 213. The van der Waals surface area contributed by atoms with Crippen LogP contribution in [0.15, 0.2) is 0 Å². The lowest BCUT2D eigenvalue weighted by Crippen LogP contribution is -2.56. The van der Waals surface area contributed by atoms with Crippen LogP contribution in [-0.4, -0.2) is 45.5 Å². The van der Waals surface area contributed by atoms with Crippen molar-refractivity contribution in [2.24, 2.45) is 0 Å². The van der Waals surface area contributed by atoms with Gasteiger partial charge in [0.15, 0.2) is 0 Å². The number of hydrogen-bond acceptors (Lipinski definition) is 2. The largest absolute Gasteiger partial charge is 0.482 e. The summed E-state index contributed by atoms with van der Waals surface area (Å²) in [4.78, 5) is 10.5. The van der Waals surface area contributed by atoms with Gasteiger partial charge < -0.3 is 10.4 Å². The summed E-state index contributed by atoms with van der Waals surface area (Å²) in [5.74, 6) is -2.17. The first kappa shape index (κ1) is 13.6. The Morgan fingerprint density at radius 2 is 1.86 bits per heavy atom. The van der Waals surface area contributed by atoms with Crippen LogP contribution in [0.2, 0.25) is 5.82 Å². The molecule has 3 nitrogen and oxygen atoms in total. The first-order valence-electron chi connectivity index (χ1n) is 4.39. The monoisotopic (exact) mass is 189 g/mol. The molecule has 0 heterocycles. The fourth-order valence-corrected chi connectivity index (χ4v) is 1.20. The van der Waals surface area contributed by atoms with E-state index in [1.54, 1.807) is 0 Å². The molecule has 72 valence electrons. The second-order valence-corrected chi connectivity index (χ2v) is 4.56. The van der Waals surface area contributed by atoms with Crippen molar-refractivity contribution in [2.75, 3.05) is 0 Å². The van der Waals surface area contributed by atoms with Crippen molar-refractivity contribution in [1.29, 1.82) is 0 Å². The molecular weight excluding hydrogens is 175 g/mol. The van der Waals surface area contributed by atoms with Crippen LogP contribution in [-0.2, 0) is 4.79 Å². The number of nitrogens with one attached hydrogen (secondary N) is 1. The number of carboxylic acids is 1. The number of carbonyl (C=O) groups is 1. The molecule has 2 N–H and O–H groups in total. The van der Waals surface area contributed by atoms with Gasteiger partial charge in [0, 0.05) is 11.4 Å². The van der Waals surface area contributed by atoms with Crippen LogP contribution in [0.4, 0.5) is 0 Å². The average Bonchev–Trinajstić information content (AvgIpc) is 1.78. The molecule has 0 aromatic rings. The summed E-state index contributed by atoms with van der Waals surface area (Å²) < 4.78 is 0. The van der Waals surface area contributed by atoms with Gasteiger partial charge >= 0.3 is 0 Å². The normalized spacial score (nSPS) is 15.1. The highest BCUT2D eigenvalue weighted by atomic mass is 16.4. The molecule has 0 aliphatic rings. The molecule has 0 bridgehead atoms. The summed E-state index contributed by atoms with van der Waals surface area (Å²) in [6.45, 7) is 5.65. The lowest BCUT2D eigenvalue weighted by molar-refractivity contribution is -0.137. The van der Waals surface area contributed by atoms with Crippen LogP contribution in [0.25, 0.3) is 0 Å². The van der Waals surface area contributed by atoms with Gasteiger partial charge in [-0.1, -0.05) is 5.34 Å². The lowest BCUT2D eigenvalue weighted by atomic mass is 9.55. The molecule has 1 atom stereocenters. The molecule has 0 saturated carbocycles. The zero-order chi connectivity index (χ0) is 11.6. The summed E-state index contributed by atoms with van der Waals surface area (Å²) in [6, 6.07) is 0. The van der Waals surface area contributed by atoms with Crippen LogP contribution < -0.4 is 5.32 Å². The summed E-state index contributed by atoms with van der Waals surface area (Å²) in [7, 11) is 16.7. The van der Waals surface area contributed by atoms with Gasteiger partial charge in [0.2, 0.25) is 0 Å².